The topological polar surface area (TPSA) is 57.6 Å². The summed E-state index contributed by atoms with van der Waals surface area (Å²) >= 11 is 9.13. The molecule has 0 aliphatic rings. The summed E-state index contributed by atoms with van der Waals surface area (Å²) in [4.78, 5) is 24.7. The van der Waals surface area contributed by atoms with Gasteiger partial charge in [-0.15, -0.1) is 0 Å². The molecule has 4 nitrogen and oxygen atoms in total. The van der Waals surface area contributed by atoms with Gasteiger partial charge in [0.2, 0.25) is 0 Å². The summed E-state index contributed by atoms with van der Waals surface area (Å²) in [6, 6.07) is 4.54. The second kappa shape index (κ2) is 6.91. The van der Waals surface area contributed by atoms with Gasteiger partial charge >= 0.3 is 5.97 Å². The van der Waals surface area contributed by atoms with Crippen LogP contribution in [0.5, 0.6) is 0 Å². The van der Waals surface area contributed by atoms with Crippen LogP contribution < -0.4 is 0 Å². The summed E-state index contributed by atoms with van der Waals surface area (Å²) in [5.41, 5.74) is 0.475. The van der Waals surface area contributed by atoms with Gasteiger partial charge in [-0.25, -0.2) is 0 Å². The van der Waals surface area contributed by atoms with Gasteiger partial charge in [0.15, 0.2) is 0 Å². The monoisotopic (exact) mass is 347 g/mol. The third-order valence-corrected chi connectivity index (χ3v) is 3.66. The van der Waals surface area contributed by atoms with Gasteiger partial charge in [-0.2, -0.15) is 0 Å². The summed E-state index contributed by atoms with van der Waals surface area (Å²) in [7, 11) is 0. The molecule has 0 aliphatic carbocycles. The molecule has 0 radical (unpaired) electrons. The van der Waals surface area contributed by atoms with Crippen molar-refractivity contribution in [2.24, 2.45) is 0 Å². The van der Waals surface area contributed by atoms with Crippen LogP contribution in [-0.4, -0.2) is 34.5 Å². The normalized spacial score (nSPS) is 12.0. The van der Waals surface area contributed by atoms with Crippen molar-refractivity contribution in [3.05, 3.63) is 33.3 Å². The number of carbonyl (C=O) groups is 2. The Kier molecular flexibility index (Phi) is 5.82. The zero-order valence-electron chi connectivity index (χ0n) is 10.7. The Morgan fingerprint density at radius 2 is 2.11 bits per heavy atom. The summed E-state index contributed by atoms with van der Waals surface area (Å²) in [5.74, 6) is -1.13. The van der Waals surface area contributed by atoms with Crippen LogP contribution in [0.3, 0.4) is 0 Å². The van der Waals surface area contributed by atoms with Gasteiger partial charge in [0.05, 0.1) is 12.0 Å². The highest BCUT2D eigenvalue weighted by molar-refractivity contribution is 9.10. The molecule has 19 heavy (non-hydrogen) atoms. The second-order valence-electron chi connectivity index (χ2n) is 4.16. The summed E-state index contributed by atoms with van der Waals surface area (Å²) in [5, 5.41) is 9.34. The van der Waals surface area contributed by atoms with Crippen LogP contribution in [0.4, 0.5) is 0 Å². The van der Waals surface area contributed by atoms with Crippen LogP contribution in [0.15, 0.2) is 22.7 Å². The van der Waals surface area contributed by atoms with Crippen LogP contribution >= 0.6 is 27.5 Å². The summed E-state index contributed by atoms with van der Waals surface area (Å²) in [6.45, 7) is 3.99. The Balaban J connectivity index is 2.98. The maximum Gasteiger partial charge on any atom is 0.305 e. The van der Waals surface area contributed by atoms with E-state index in [0.717, 1.165) is 0 Å². The van der Waals surface area contributed by atoms with E-state index < -0.39 is 5.97 Å². The lowest BCUT2D eigenvalue weighted by atomic mass is 10.1. The average Bonchev–Trinajstić information content (AvgIpc) is 2.28. The van der Waals surface area contributed by atoms with E-state index in [-0.39, 0.29) is 18.4 Å². The first-order valence-electron chi connectivity index (χ1n) is 5.84. The molecule has 0 aliphatic heterocycles. The molecular formula is C13H15BrClNO3. The van der Waals surface area contributed by atoms with Crippen molar-refractivity contribution in [2.45, 2.75) is 26.3 Å². The highest BCUT2D eigenvalue weighted by Gasteiger charge is 2.23. The summed E-state index contributed by atoms with van der Waals surface area (Å²) < 4.78 is 0.603. The highest BCUT2D eigenvalue weighted by atomic mass is 79.9. The molecule has 0 spiro atoms. The zero-order chi connectivity index (χ0) is 14.6. The molecule has 1 atom stereocenters. The van der Waals surface area contributed by atoms with E-state index in [2.05, 4.69) is 15.9 Å². The van der Waals surface area contributed by atoms with Gasteiger partial charge < -0.3 is 10.0 Å². The van der Waals surface area contributed by atoms with Crippen molar-refractivity contribution >= 4 is 39.4 Å². The molecule has 1 aromatic carbocycles. The van der Waals surface area contributed by atoms with E-state index in [1.54, 1.807) is 25.1 Å². The van der Waals surface area contributed by atoms with Crippen molar-refractivity contribution in [1.82, 2.24) is 4.90 Å². The van der Waals surface area contributed by atoms with Gasteiger partial charge in [-0.05, 0) is 48.0 Å². The molecule has 0 fully saturated rings. The first kappa shape index (κ1) is 16.0. The van der Waals surface area contributed by atoms with E-state index in [1.165, 1.54) is 4.90 Å². The maximum absolute atomic E-state index is 12.4. The SMILES string of the molecule is CCN(C(=O)c1ccc(Cl)cc1Br)C(C)CC(=O)O. The van der Waals surface area contributed by atoms with Crippen LogP contribution in [0, 0.1) is 0 Å². The molecule has 0 bridgehead atoms. The van der Waals surface area contributed by atoms with Gasteiger partial charge in [0, 0.05) is 22.1 Å². The number of rotatable bonds is 5. The van der Waals surface area contributed by atoms with Crippen LogP contribution in [0.25, 0.3) is 0 Å². The molecule has 0 saturated carbocycles. The Morgan fingerprint density at radius 1 is 1.47 bits per heavy atom. The van der Waals surface area contributed by atoms with Crippen molar-refractivity contribution in [2.75, 3.05) is 6.54 Å². The molecule has 1 unspecified atom stereocenters. The van der Waals surface area contributed by atoms with E-state index in [1.807, 2.05) is 6.92 Å². The molecular weight excluding hydrogens is 334 g/mol. The second-order valence-corrected chi connectivity index (χ2v) is 5.45. The fourth-order valence-electron chi connectivity index (χ4n) is 1.84. The Bertz CT molecular complexity index is 493. The largest absolute Gasteiger partial charge is 0.481 e. The molecule has 1 amide bonds. The smallest absolute Gasteiger partial charge is 0.305 e. The molecule has 0 saturated heterocycles. The Labute approximate surface area is 125 Å². The van der Waals surface area contributed by atoms with Crippen LogP contribution in [0.1, 0.15) is 30.6 Å². The number of carboxylic acid groups (broad SMARTS) is 1. The van der Waals surface area contributed by atoms with Crippen molar-refractivity contribution in [1.29, 1.82) is 0 Å². The fraction of sp³-hybridized carbons (Fsp3) is 0.385. The summed E-state index contributed by atoms with van der Waals surface area (Å²) in [6.07, 6.45) is -0.0786. The Hall–Kier alpha value is -1.07. The van der Waals surface area contributed by atoms with Gasteiger partial charge in [-0.1, -0.05) is 11.6 Å². The number of benzene rings is 1. The van der Waals surface area contributed by atoms with E-state index in [0.29, 0.717) is 21.6 Å². The zero-order valence-corrected chi connectivity index (χ0v) is 13.0. The van der Waals surface area contributed by atoms with Crippen LogP contribution in [0.2, 0.25) is 5.02 Å². The van der Waals surface area contributed by atoms with E-state index in [4.69, 9.17) is 16.7 Å². The van der Waals surface area contributed by atoms with Crippen molar-refractivity contribution in [3.63, 3.8) is 0 Å². The number of carbonyl (C=O) groups excluding carboxylic acids is 1. The lowest BCUT2D eigenvalue weighted by Crippen LogP contribution is -2.39. The number of halogens is 2. The minimum atomic E-state index is -0.922. The highest BCUT2D eigenvalue weighted by Crippen LogP contribution is 2.23. The van der Waals surface area contributed by atoms with E-state index in [9.17, 15) is 9.59 Å². The number of carboxylic acids is 1. The van der Waals surface area contributed by atoms with Gasteiger partial charge in [-0.3, -0.25) is 9.59 Å². The standard InChI is InChI=1S/C13H15BrClNO3/c1-3-16(8(2)6-12(17)18)13(19)10-5-4-9(15)7-11(10)14/h4-5,7-8H,3,6H2,1-2H3,(H,17,18). The minimum Gasteiger partial charge on any atom is -0.481 e. The predicted molar refractivity (Wildman–Crippen MR) is 77.6 cm³/mol. The van der Waals surface area contributed by atoms with Gasteiger partial charge in [0.1, 0.15) is 0 Å². The van der Waals surface area contributed by atoms with Crippen molar-refractivity contribution in [3.8, 4) is 0 Å². The fourth-order valence-corrected chi connectivity index (χ4v) is 2.69. The number of hydrogen-bond donors (Lipinski definition) is 1. The molecule has 6 heteroatoms. The lowest BCUT2D eigenvalue weighted by molar-refractivity contribution is -0.138. The van der Waals surface area contributed by atoms with Gasteiger partial charge in [0.25, 0.3) is 5.91 Å². The predicted octanol–water partition coefficient (Wildman–Crippen LogP) is 3.43. The number of hydrogen-bond acceptors (Lipinski definition) is 2. The number of nitrogens with zero attached hydrogens (tertiary/aromatic N) is 1. The molecule has 104 valence electrons. The molecule has 1 N–H and O–H groups in total. The third-order valence-electron chi connectivity index (χ3n) is 2.77. The third kappa shape index (κ3) is 4.21. The quantitative estimate of drug-likeness (QED) is 0.887. The van der Waals surface area contributed by atoms with Crippen LogP contribution in [-0.2, 0) is 4.79 Å². The molecule has 1 aromatic rings. The van der Waals surface area contributed by atoms with Crippen molar-refractivity contribution < 1.29 is 14.7 Å². The number of amides is 1. The lowest BCUT2D eigenvalue weighted by Gasteiger charge is -2.27. The first-order chi connectivity index (χ1) is 8.86. The number of aliphatic carboxylic acids is 1. The molecule has 0 aromatic heterocycles. The Morgan fingerprint density at radius 3 is 2.58 bits per heavy atom. The maximum atomic E-state index is 12.4. The van der Waals surface area contributed by atoms with E-state index >= 15 is 0 Å². The average molecular weight is 349 g/mol. The minimum absolute atomic E-state index is 0.0786. The molecule has 1 rings (SSSR count). The molecule has 0 heterocycles. The first-order valence-corrected chi connectivity index (χ1v) is 7.01.